The number of nitrogens with zero attached hydrogens (tertiary/aromatic N) is 1. The number of nitrogens with one attached hydrogen (secondary N) is 2. The maximum atomic E-state index is 12.4. The molecule has 0 bridgehead atoms. The van der Waals surface area contributed by atoms with Gasteiger partial charge >= 0.3 is 22.1 Å². The molecular formula is C21H21N3O9S. The van der Waals surface area contributed by atoms with E-state index in [9.17, 15) is 32.9 Å². The number of nitro benzene ring substituents is 1. The third kappa shape index (κ3) is 6.75. The maximum Gasteiger partial charge on any atom is 0.339 e. The average molecular weight is 491 g/mol. The van der Waals surface area contributed by atoms with E-state index < -0.39 is 50.1 Å². The summed E-state index contributed by atoms with van der Waals surface area (Å²) in [5.74, 6) is -1.82. The quantitative estimate of drug-likeness (QED) is 0.243. The minimum atomic E-state index is -4.36. The van der Waals surface area contributed by atoms with Crippen LogP contribution < -0.4 is 14.8 Å². The van der Waals surface area contributed by atoms with Crippen molar-refractivity contribution in [2.24, 2.45) is 0 Å². The van der Waals surface area contributed by atoms with Gasteiger partial charge in [0.1, 0.15) is 10.6 Å². The SMILES string of the molecule is O=C(COC(=O)c1ccc(OS(=O)(=O)c2cccc([N+](=O)[O-])c2)cc1)NC(=O)NC1CCCC1. The first-order valence-electron chi connectivity index (χ1n) is 10.2. The zero-order chi connectivity index (χ0) is 24.7. The van der Waals surface area contributed by atoms with Crippen molar-refractivity contribution >= 4 is 33.7 Å². The molecule has 34 heavy (non-hydrogen) atoms. The number of non-ortho nitro benzene ring substituents is 1. The van der Waals surface area contributed by atoms with E-state index in [2.05, 4.69) is 10.6 Å². The van der Waals surface area contributed by atoms with Crippen molar-refractivity contribution in [3.63, 3.8) is 0 Å². The number of hydrogen-bond donors (Lipinski definition) is 2. The topological polar surface area (TPSA) is 171 Å². The third-order valence-electron chi connectivity index (χ3n) is 4.89. The van der Waals surface area contributed by atoms with Crippen molar-refractivity contribution in [3.8, 4) is 5.75 Å². The standard InChI is InChI=1S/C21H21N3O9S/c25-19(23-21(27)22-15-4-1-2-5-15)13-32-20(26)14-8-10-17(11-9-14)33-34(30,31)18-7-3-6-16(12-18)24(28)29/h3,6-12,15H,1-2,4-5,13H2,(H2,22,23,25,27). The Hall–Kier alpha value is -4.00. The van der Waals surface area contributed by atoms with Gasteiger partial charge < -0.3 is 14.2 Å². The van der Waals surface area contributed by atoms with Gasteiger partial charge in [0, 0.05) is 18.2 Å². The average Bonchev–Trinajstić information content (AvgIpc) is 3.30. The summed E-state index contributed by atoms with van der Waals surface area (Å²) in [6.45, 7) is -0.684. The summed E-state index contributed by atoms with van der Waals surface area (Å²) in [5, 5.41) is 15.6. The minimum Gasteiger partial charge on any atom is -0.452 e. The number of carbonyl (C=O) groups is 3. The number of imide groups is 1. The second kappa shape index (κ2) is 10.7. The molecule has 180 valence electrons. The predicted octanol–water partition coefficient (Wildman–Crippen LogP) is 2.29. The molecule has 2 N–H and O–H groups in total. The Morgan fingerprint density at radius 3 is 2.38 bits per heavy atom. The van der Waals surface area contributed by atoms with E-state index in [-0.39, 0.29) is 17.4 Å². The molecule has 0 heterocycles. The maximum absolute atomic E-state index is 12.4. The molecule has 1 saturated carbocycles. The first kappa shape index (κ1) is 24.6. The number of ether oxygens (including phenoxy) is 1. The van der Waals surface area contributed by atoms with Gasteiger partial charge in [-0.1, -0.05) is 18.9 Å². The van der Waals surface area contributed by atoms with Gasteiger partial charge in [-0.3, -0.25) is 20.2 Å². The van der Waals surface area contributed by atoms with Gasteiger partial charge in [0.15, 0.2) is 6.61 Å². The molecule has 0 saturated heterocycles. The summed E-state index contributed by atoms with van der Waals surface area (Å²) in [6.07, 6.45) is 3.73. The molecule has 0 aromatic heterocycles. The van der Waals surface area contributed by atoms with Crippen molar-refractivity contribution in [1.82, 2.24) is 10.6 Å². The van der Waals surface area contributed by atoms with Crippen molar-refractivity contribution in [1.29, 1.82) is 0 Å². The number of carbonyl (C=O) groups excluding carboxylic acids is 3. The molecule has 3 rings (SSSR count). The Morgan fingerprint density at radius 1 is 1.06 bits per heavy atom. The number of benzene rings is 2. The molecule has 2 aromatic rings. The summed E-state index contributed by atoms with van der Waals surface area (Å²) in [4.78, 5) is 45.3. The monoisotopic (exact) mass is 491 g/mol. The van der Waals surface area contributed by atoms with E-state index in [0.717, 1.165) is 43.9 Å². The molecular weight excluding hydrogens is 470 g/mol. The van der Waals surface area contributed by atoms with Crippen LogP contribution in [0.2, 0.25) is 0 Å². The van der Waals surface area contributed by atoms with Crippen LogP contribution in [-0.4, -0.2) is 43.9 Å². The van der Waals surface area contributed by atoms with Gasteiger partial charge in [0.2, 0.25) is 0 Å². The second-order valence-corrected chi connectivity index (χ2v) is 8.94. The van der Waals surface area contributed by atoms with Crippen LogP contribution in [0.3, 0.4) is 0 Å². The number of nitro groups is 1. The number of urea groups is 1. The van der Waals surface area contributed by atoms with Crippen molar-refractivity contribution < 1.29 is 36.6 Å². The molecule has 13 heteroatoms. The van der Waals surface area contributed by atoms with Crippen molar-refractivity contribution in [2.45, 2.75) is 36.6 Å². The van der Waals surface area contributed by atoms with Gasteiger partial charge in [-0.2, -0.15) is 8.42 Å². The van der Waals surface area contributed by atoms with Crippen molar-refractivity contribution in [2.75, 3.05) is 6.61 Å². The molecule has 0 unspecified atom stereocenters. The second-order valence-electron chi connectivity index (χ2n) is 7.40. The van der Waals surface area contributed by atoms with E-state index in [1.54, 1.807) is 0 Å². The van der Waals surface area contributed by atoms with Crippen LogP contribution in [0.15, 0.2) is 53.4 Å². The van der Waals surface area contributed by atoms with Gasteiger partial charge in [-0.05, 0) is 43.2 Å². The highest BCUT2D eigenvalue weighted by Gasteiger charge is 2.21. The van der Waals surface area contributed by atoms with Crippen LogP contribution in [-0.2, 0) is 19.6 Å². The number of rotatable bonds is 8. The third-order valence-corrected chi connectivity index (χ3v) is 6.13. The molecule has 0 aliphatic heterocycles. The lowest BCUT2D eigenvalue weighted by Gasteiger charge is -2.12. The van der Waals surface area contributed by atoms with Crippen LogP contribution in [0.1, 0.15) is 36.0 Å². The van der Waals surface area contributed by atoms with Crippen LogP contribution in [0.4, 0.5) is 10.5 Å². The number of hydrogen-bond acceptors (Lipinski definition) is 9. The van der Waals surface area contributed by atoms with Crippen molar-refractivity contribution in [3.05, 3.63) is 64.2 Å². The lowest BCUT2D eigenvalue weighted by molar-refractivity contribution is -0.385. The van der Waals surface area contributed by atoms with E-state index >= 15 is 0 Å². The van der Waals surface area contributed by atoms with Gasteiger partial charge in [-0.15, -0.1) is 0 Å². The molecule has 1 aliphatic rings. The lowest BCUT2D eigenvalue weighted by Crippen LogP contribution is -2.44. The van der Waals surface area contributed by atoms with E-state index in [1.807, 2.05) is 0 Å². The first-order valence-corrected chi connectivity index (χ1v) is 11.6. The summed E-state index contributed by atoms with van der Waals surface area (Å²) in [5.41, 5.74) is -0.411. The molecule has 12 nitrogen and oxygen atoms in total. The fourth-order valence-corrected chi connectivity index (χ4v) is 4.21. The van der Waals surface area contributed by atoms with E-state index in [0.29, 0.717) is 0 Å². The summed E-state index contributed by atoms with van der Waals surface area (Å²) in [6, 6.07) is 8.52. The molecule has 0 atom stereocenters. The summed E-state index contributed by atoms with van der Waals surface area (Å²) >= 11 is 0. The van der Waals surface area contributed by atoms with Gasteiger partial charge in [-0.25, -0.2) is 9.59 Å². The summed E-state index contributed by atoms with van der Waals surface area (Å²) < 4.78 is 34.5. The number of esters is 1. The Bertz CT molecular complexity index is 1190. The Labute approximate surface area is 194 Å². The van der Waals surface area contributed by atoms with Gasteiger partial charge in [0.05, 0.1) is 10.5 Å². The molecule has 2 aromatic carbocycles. The predicted molar refractivity (Wildman–Crippen MR) is 117 cm³/mol. The fourth-order valence-electron chi connectivity index (χ4n) is 3.24. The molecule has 1 aliphatic carbocycles. The highest BCUT2D eigenvalue weighted by molar-refractivity contribution is 7.87. The molecule has 3 amide bonds. The zero-order valence-electron chi connectivity index (χ0n) is 17.8. The van der Waals surface area contributed by atoms with Crippen LogP contribution >= 0.6 is 0 Å². The number of amides is 3. The Kier molecular flexibility index (Phi) is 7.79. The molecule has 1 fully saturated rings. The Balaban J connectivity index is 1.51. The van der Waals surface area contributed by atoms with E-state index in [1.165, 1.54) is 30.3 Å². The van der Waals surface area contributed by atoms with Crippen LogP contribution in [0, 0.1) is 10.1 Å². The largest absolute Gasteiger partial charge is 0.452 e. The molecule has 0 spiro atoms. The first-order chi connectivity index (χ1) is 16.1. The lowest BCUT2D eigenvalue weighted by atomic mass is 10.2. The van der Waals surface area contributed by atoms with Crippen LogP contribution in [0.25, 0.3) is 0 Å². The normalized spacial score (nSPS) is 13.6. The van der Waals surface area contributed by atoms with E-state index in [4.69, 9.17) is 8.92 Å². The summed E-state index contributed by atoms with van der Waals surface area (Å²) in [7, 11) is -4.36. The molecule has 0 radical (unpaired) electrons. The highest BCUT2D eigenvalue weighted by Crippen LogP contribution is 2.22. The van der Waals surface area contributed by atoms with Gasteiger partial charge in [0.25, 0.3) is 11.6 Å². The Morgan fingerprint density at radius 2 is 1.74 bits per heavy atom. The minimum absolute atomic E-state index is 0.00306. The zero-order valence-corrected chi connectivity index (χ0v) is 18.6. The van der Waals surface area contributed by atoms with Crippen LogP contribution in [0.5, 0.6) is 5.75 Å². The highest BCUT2D eigenvalue weighted by atomic mass is 32.2. The smallest absolute Gasteiger partial charge is 0.339 e. The fraction of sp³-hybridized carbons (Fsp3) is 0.286.